The normalized spacial score (nSPS) is 19.4. The molecule has 0 fully saturated rings. The van der Waals surface area contributed by atoms with E-state index in [9.17, 15) is 5.11 Å². The highest BCUT2D eigenvalue weighted by Gasteiger charge is 2.22. The molecule has 1 unspecified atom stereocenters. The molecule has 16 heavy (non-hydrogen) atoms. The number of benzene rings is 1. The number of phenolic OH excluding ortho intramolecular Hbond substituents is 1. The van der Waals surface area contributed by atoms with Crippen molar-refractivity contribution in [2.24, 2.45) is 5.92 Å². The van der Waals surface area contributed by atoms with Crippen molar-refractivity contribution in [1.82, 2.24) is 0 Å². The molecular weight excluding hydrogens is 200 g/mol. The largest absolute Gasteiger partial charge is 0.508 e. The predicted octanol–water partition coefficient (Wildman–Crippen LogP) is 3.44. The van der Waals surface area contributed by atoms with E-state index in [-0.39, 0.29) is 0 Å². The molecule has 1 aromatic carbocycles. The third-order valence-corrected chi connectivity index (χ3v) is 3.09. The summed E-state index contributed by atoms with van der Waals surface area (Å²) in [4.78, 5) is 0. The van der Waals surface area contributed by atoms with Gasteiger partial charge in [-0.3, -0.25) is 0 Å². The summed E-state index contributed by atoms with van der Waals surface area (Å²) in [6, 6.07) is 3.60. The van der Waals surface area contributed by atoms with E-state index in [1.165, 1.54) is 0 Å². The average molecular weight is 220 g/mol. The average Bonchev–Trinajstić information content (AvgIpc) is 2.18. The molecule has 2 rings (SSSR count). The SMILES string of the molecule is Cc1cc(O)cc2c1OC(CC(C)C)CC2. The molecule has 1 N–H and O–H groups in total. The number of aryl methyl sites for hydroxylation is 2. The summed E-state index contributed by atoms with van der Waals surface area (Å²) in [5.41, 5.74) is 2.20. The van der Waals surface area contributed by atoms with E-state index in [4.69, 9.17) is 4.74 Å². The van der Waals surface area contributed by atoms with E-state index >= 15 is 0 Å². The van der Waals surface area contributed by atoms with Crippen LogP contribution in [0.15, 0.2) is 12.1 Å². The van der Waals surface area contributed by atoms with E-state index in [2.05, 4.69) is 13.8 Å². The second kappa shape index (κ2) is 4.36. The molecule has 0 saturated carbocycles. The summed E-state index contributed by atoms with van der Waals surface area (Å²) in [5.74, 6) is 2.01. The Bertz CT molecular complexity index is 383. The zero-order chi connectivity index (χ0) is 11.7. The van der Waals surface area contributed by atoms with Gasteiger partial charge in [0.1, 0.15) is 11.5 Å². The molecule has 1 aliphatic rings. The summed E-state index contributed by atoms with van der Waals surface area (Å²) in [6.45, 7) is 6.45. The van der Waals surface area contributed by atoms with Crippen LogP contribution in [0.2, 0.25) is 0 Å². The first kappa shape index (κ1) is 11.3. The van der Waals surface area contributed by atoms with Crippen molar-refractivity contribution in [3.05, 3.63) is 23.3 Å². The minimum Gasteiger partial charge on any atom is -0.508 e. The Labute approximate surface area is 97.3 Å². The van der Waals surface area contributed by atoms with E-state index < -0.39 is 0 Å². The van der Waals surface area contributed by atoms with Crippen molar-refractivity contribution in [3.63, 3.8) is 0 Å². The van der Waals surface area contributed by atoms with Crippen LogP contribution in [0.5, 0.6) is 11.5 Å². The Morgan fingerprint density at radius 1 is 1.44 bits per heavy atom. The van der Waals surface area contributed by atoms with Crippen LogP contribution in [-0.4, -0.2) is 11.2 Å². The minimum atomic E-state index is 0.343. The number of aromatic hydroxyl groups is 1. The Morgan fingerprint density at radius 3 is 2.88 bits per heavy atom. The molecule has 1 aliphatic heterocycles. The first-order valence-electron chi connectivity index (χ1n) is 6.05. The van der Waals surface area contributed by atoms with Gasteiger partial charge in [-0.05, 0) is 55.4 Å². The van der Waals surface area contributed by atoms with Crippen molar-refractivity contribution in [2.75, 3.05) is 0 Å². The number of hydrogen-bond donors (Lipinski definition) is 1. The van der Waals surface area contributed by atoms with Gasteiger partial charge in [0.25, 0.3) is 0 Å². The van der Waals surface area contributed by atoms with Crippen LogP contribution in [-0.2, 0) is 6.42 Å². The first-order valence-corrected chi connectivity index (χ1v) is 6.05. The van der Waals surface area contributed by atoms with E-state index in [0.717, 1.165) is 36.1 Å². The van der Waals surface area contributed by atoms with Gasteiger partial charge in [-0.25, -0.2) is 0 Å². The quantitative estimate of drug-likeness (QED) is 0.827. The van der Waals surface area contributed by atoms with Gasteiger partial charge in [-0.15, -0.1) is 0 Å². The van der Waals surface area contributed by atoms with Gasteiger partial charge in [0.05, 0.1) is 6.10 Å². The maximum atomic E-state index is 9.52. The van der Waals surface area contributed by atoms with Crippen LogP contribution in [0.4, 0.5) is 0 Å². The standard InChI is InChI=1S/C14H20O2/c1-9(2)6-13-5-4-11-8-12(15)7-10(3)14(11)16-13/h7-9,13,15H,4-6H2,1-3H3. The fourth-order valence-electron chi connectivity index (χ4n) is 2.41. The summed E-state index contributed by atoms with van der Waals surface area (Å²) in [6.07, 6.45) is 3.53. The summed E-state index contributed by atoms with van der Waals surface area (Å²) in [5, 5.41) is 9.52. The second-order valence-corrected chi connectivity index (χ2v) is 5.16. The van der Waals surface area contributed by atoms with E-state index in [1.54, 1.807) is 6.07 Å². The molecule has 0 aliphatic carbocycles. The zero-order valence-electron chi connectivity index (χ0n) is 10.3. The number of fused-ring (bicyclic) bond motifs is 1. The van der Waals surface area contributed by atoms with Gasteiger partial charge in [0.15, 0.2) is 0 Å². The molecule has 2 nitrogen and oxygen atoms in total. The van der Waals surface area contributed by atoms with Gasteiger partial charge < -0.3 is 9.84 Å². The molecule has 0 saturated heterocycles. The highest BCUT2D eigenvalue weighted by Crippen LogP contribution is 2.35. The molecule has 88 valence electrons. The number of rotatable bonds is 2. The van der Waals surface area contributed by atoms with Gasteiger partial charge in [-0.2, -0.15) is 0 Å². The third kappa shape index (κ3) is 2.31. The molecule has 0 aromatic heterocycles. The highest BCUT2D eigenvalue weighted by atomic mass is 16.5. The molecule has 0 amide bonds. The summed E-state index contributed by atoms with van der Waals surface area (Å²) < 4.78 is 6.02. The minimum absolute atomic E-state index is 0.343. The lowest BCUT2D eigenvalue weighted by molar-refractivity contribution is 0.147. The van der Waals surface area contributed by atoms with Gasteiger partial charge in [0, 0.05) is 0 Å². The molecule has 0 spiro atoms. The zero-order valence-corrected chi connectivity index (χ0v) is 10.3. The fourth-order valence-corrected chi connectivity index (χ4v) is 2.41. The lowest BCUT2D eigenvalue weighted by Gasteiger charge is -2.28. The van der Waals surface area contributed by atoms with Crippen LogP contribution in [0.1, 0.15) is 37.8 Å². The van der Waals surface area contributed by atoms with E-state index in [0.29, 0.717) is 17.8 Å². The van der Waals surface area contributed by atoms with Crippen LogP contribution in [0, 0.1) is 12.8 Å². The monoisotopic (exact) mass is 220 g/mol. The Kier molecular flexibility index (Phi) is 3.08. The highest BCUT2D eigenvalue weighted by molar-refractivity contribution is 5.47. The Balaban J connectivity index is 2.20. The maximum absolute atomic E-state index is 9.52. The Hall–Kier alpha value is -1.18. The first-order chi connectivity index (χ1) is 7.56. The molecule has 1 aromatic rings. The van der Waals surface area contributed by atoms with Crippen LogP contribution >= 0.6 is 0 Å². The predicted molar refractivity (Wildman–Crippen MR) is 65.0 cm³/mol. The van der Waals surface area contributed by atoms with Gasteiger partial charge in [-0.1, -0.05) is 13.8 Å². The smallest absolute Gasteiger partial charge is 0.126 e. The van der Waals surface area contributed by atoms with Crippen molar-refractivity contribution in [2.45, 2.75) is 46.1 Å². The molecule has 1 heterocycles. The number of ether oxygens (including phenoxy) is 1. The van der Waals surface area contributed by atoms with Crippen LogP contribution < -0.4 is 4.74 Å². The Morgan fingerprint density at radius 2 is 2.19 bits per heavy atom. The van der Waals surface area contributed by atoms with Crippen molar-refractivity contribution in [1.29, 1.82) is 0 Å². The number of phenols is 1. The molecule has 2 heteroatoms. The fraction of sp³-hybridized carbons (Fsp3) is 0.571. The molecule has 1 atom stereocenters. The molecule has 0 bridgehead atoms. The molecule has 0 radical (unpaired) electrons. The lowest BCUT2D eigenvalue weighted by atomic mass is 9.95. The number of hydrogen-bond acceptors (Lipinski definition) is 2. The topological polar surface area (TPSA) is 29.5 Å². The van der Waals surface area contributed by atoms with Crippen molar-refractivity contribution in [3.8, 4) is 11.5 Å². The van der Waals surface area contributed by atoms with Crippen LogP contribution in [0.3, 0.4) is 0 Å². The van der Waals surface area contributed by atoms with Crippen molar-refractivity contribution < 1.29 is 9.84 Å². The summed E-state index contributed by atoms with van der Waals surface area (Å²) in [7, 11) is 0. The molecular formula is C14H20O2. The van der Waals surface area contributed by atoms with Crippen molar-refractivity contribution >= 4 is 0 Å². The summed E-state index contributed by atoms with van der Waals surface area (Å²) >= 11 is 0. The van der Waals surface area contributed by atoms with Gasteiger partial charge in [0.2, 0.25) is 0 Å². The van der Waals surface area contributed by atoms with E-state index in [1.807, 2.05) is 13.0 Å². The second-order valence-electron chi connectivity index (χ2n) is 5.16. The maximum Gasteiger partial charge on any atom is 0.126 e. The lowest BCUT2D eigenvalue weighted by Crippen LogP contribution is -2.24. The third-order valence-electron chi connectivity index (χ3n) is 3.09. The van der Waals surface area contributed by atoms with Gasteiger partial charge >= 0.3 is 0 Å². The van der Waals surface area contributed by atoms with Crippen LogP contribution in [0.25, 0.3) is 0 Å².